The zero-order valence-corrected chi connectivity index (χ0v) is 7.29. The van der Waals surface area contributed by atoms with Crippen molar-refractivity contribution in [2.75, 3.05) is 7.11 Å². The quantitative estimate of drug-likeness (QED) is 0.553. The summed E-state index contributed by atoms with van der Waals surface area (Å²) in [6.45, 7) is 0. The van der Waals surface area contributed by atoms with Gasteiger partial charge in [-0.1, -0.05) is 12.2 Å². The minimum absolute atomic E-state index is 0.0752. The van der Waals surface area contributed by atoms with Gasteiger partial charge in [-0.2, -0.15) is 5.26 Å². The summed E-state index contributed by atoms with van der Waals surface area (Å²) < 4.78 is 5.46. The molecule has 2 nitrogen and oxygen atoms in total. The minimum Gasteiger partial charge on any atom is -0.373 e. The van der Waals surface area contributed by atoms with Crippen molar-refractivity contribution < 1.29 is 4.74 Å². The molecule has 0 aromatic rings. The molecule has 3 rings (SSSR count). The molecule has 64 valence electrons. The normalized spacial score (nSPS) is 44.3. The molecule has 0 spiro atoms. The molecule has 2 heteroatoms. The van der Waals surface area contributed by atoms with Crippen LogP contribution in [0.5, 0.6) is 0 Å². The highest BCUT2D eigenvalue weighted by Gasteiger charge is 2.44. The number of ether oxygens (including phenoxy) is 1. The van der Waals surface area contributed by atoms with Gasteiger partial charge in [0.1, 0.15) is 5.60 Å². The third-order valence-electron chi connectivity index (χ3n) is 3.22. The molecule has 0 aliphatic heterocycles. The van der Waals surface area contributed by atoms with E-state index in [1.807, 2.05) is 0 Å². The Balaban J connectivity index is 2.33. The van der Waals surface area contributed by atoms with E-state index < -0.39 is 0 Å². The molecule has 0 unspecified atom stereocenters. The van der Waals surface area contributed by atoms with E-state index in [0.717, 1.165) is 12.8 Å². The number of allylic oxidation sites excluding steroid dienone is 1. The maximum absolute atomic E-state index is 8.95. The number of hydrogen-bond donors (Lipinski definition) is 0. The third kappa shape index (κ3) is 0.899. The van der Waals surface area contributed by atoms with Crippen LogP contribution in [0.25, 0.3) is 0 Å². The minimum atomic E-state index is -0.247. The maximum atomic E-state index is 8.95. The lowest BCUT2D eigenvalue weighted by Gasteiger charge is -2.44. The molecule has 0 amide bonds. The molecule has 3 aliphatic rings. The Morgan fingerprint density at radius 3 is 2.92 bits per heavy atom. The Labute approximate surface area is 72.8 Å². The van der Waals surface area contributed by atoms with Gasteiger partial charge in [-0.3, -0.25) is 0 Å². The van der Waals surface area contributed by atoms with Crippen LogP contribution in [0.15, 0.2) is 12.2 Å². The van der Waals surface area contributed by atoms with Gasteiger partial charge < -0.3 is 4.74 Å². The highest BCUT2D eigenvalue weighted by Crippen LogP contribution is 2.44. The summed E-state index contributed by atoms with van der Waals surface area (Å²) in [5.74, 6) is 0.706. The summed E-state index contributed by atoms with van der Waals surface area (Å²) in [4.78, 5) is 0. The second-order valence-corrected chi connectivity index (χ2v) is 3.73. The predicted molar refractivity (Wildman–Crippen MR) is 45.3 cm³/mol. The smallest absolute Gasteiger partial charge is 0.102 e. The van der Waals surface area contributed by atoms with Crippen molar-refractivity contribution in [1.29, 1.82) is 5.26 Å². The molecule has 0 aromatic carbocycles. The molecule has 0 radical (unpaired) electrons. The van der Waals surface area contributed by atoms with E-state index >= 15 is 0 Å². The molecule has 3 atom stereocenters. The van der Waals surface area contributed by atoms with E-state index in [4.69, 9.17) is 10.00 Å². The van der Waals surface area contributed by atoms with Gasteiger partial charge in [-0.15, -0.1) is 0 Å². The van der Waals surface area contributed by atoms with Gasteiger partial charge in [0.15, 0.2) is 0 Å². The fraction of sp³-hybridized carbons (Fsp3) is 0.700. The molecule has 1 fully saturated rings. The first kappa shape index (κ1) is 7.82. The molecule has 12 heavy (non-hydrogen) atoms. The average Bonchev–Trinajstić information content (AvgIpc) is 2.19. The molecule has 0 heterocycles. The van der Waals surface area contributed by atoms with Gasteiger partial charge in [-0.05, 0) is 25.2 Å². The average molecular weight is 163 g/mol. The molecule has 0 aromatic heterocycles. The van der Waals surface area contributed by atoms with Crippen LogP contribution in [0.4, 0.5) is 0 Å². The summed E-state index contributed by atoms with van der Waals surface area (Å²) >= 11 is 0. The second-order valence-electron chi connectivity index (χ2n) is 3.73. The molecule has 0 N–H and O–H groups in total. The van der Waals surface area contributed by atoms with Gasteiger partial charge >= 0.3 is 0 Å². The zero-order chi connectivity index (χ0) is 8.60. The second kappa shape index (κ2) is 2.60. The van der Waals surface area contributed by atoms with Crippen molar-refractivity contribution in [3.8, 4) is 6.07 Å². The Morgan fingerprint density at radius 2 is 2.50 bits per heavy atom. The first-order chi connectivity index (χ1) is 5.80. The van der Waals surface area contributed by atoms with Crippen LogP contribution in [0.3, 0.4) is 0 Å². The zero-order valence-electron chi connectivity index (χ0n) is 7.29. The van der Waals surface area contributed by atoms with Crippen LogP contribution >= 0.6 is 0 Å². The van der Waals surface area contributed by atoms with Crippen molar-refractivity contribution in [1.82, 2.24) is 0 Å². The highest BCUT2D eigenvalue weighted by molar-refractivity contribution is 5.21. The lowest BCUT2D eigenvalue weighted by molar-refractivity contribution is -0.0419. The van der Waals surface area contributed by atoms with E-state index in [1.54, 1.807) is 7.11 Å². The first-order valence-corrected chi connectivity index (χ1v) is 4.45. The summed E-state index contributed by atoms with van der Waals surface area (Å²) in [6, 6.07) is 2.35. The van der Waals surface area contributed by atoms with Gasteiger partial charge in [0, 0.05) is 7.11 Å². The number of nitrogens with zero attached hydrogens (tertiary/aromatic N) is 1. The summed E-state index contributed by atoms with van der Waals surface area (Å²) in [5.41, 5.74) is -0.247. The largest absolute Gasteiger partial charge is 0.373 e. The van der Waals surface area contributed by atoms with E-state index in [-0.39, 0.29) is 11.5 Å². The molecular weight excluding hydrogens is 150 g/mol. The van der Waals surface area contributed by atoms with Crippen LogP contribution < -0.4 is 0 Å². The van der Waals surface area contributed by atoms with Crippen LogP contribution in [0, 0.1) is 23.2 Å². The Kier molecular flexibility index (Phi) is 1.69. The Bertz CT molecular complexity index is 253. The number of methoxy groups -OCH3 is 1. The number of hydrogen-bond acceptors (Lipinski definition) is 2. The van der Waals surface area contributed by atoms with Crippen molar-refractivity contribution >= 4 is 0 Å². The first-order valence-electron chi connectivity index (χ1n) is 4.45. The van der Waals surface area contributed by atoms with Gasteiger partial charge in [0.2, 0.25) is 0 Å². The van der Waals surface area contributed by atoms with Crippen LogP contribution in [-0.4, -0.2) is 12.7 Å². The maximum Gasteiger partial charge on any atom is 0.102 e. The van der Waals surface area contributed by atoms with E-state index in [1.165, 1.54) is 6.42 Å². The van der Waals surface area contributed by atoms with Crippen molar-refractivity contribution in [2.24, 2.45) is 11.8 Å². The topological polar surface area (TPSA) is 33.0 Å². The monoisotopic (exact) mass is 163 g/mol. The van der Waals surface area contributed by atoms with Gasteiger partial charge in [0.05, 0.1) is 12.0 Å². The summed E-state index contributed by atoms with van der Waals surface area (Å²) in [5, 5.41) is 8.95. The van der Waals surface area contributed by atoms with Crippen LogP contribution in [-0.2, 0) is 4.74 Å². The summed E-state index contributed by atoms with van der Waals surface area (Å²) in [6.07, 6.45) is 7.49. The van der Waals surface area contributed by atoms with Crippen LogP contribution in [0.1, 0.15) is 19.3 Å². The molecule has 3 aliphatic carbocycles. The highest BCUT2D eigenvalue weighted by atomic mass is 16.5. The Morgan fingerprint density at radius 1 is 1.67 bits per heavy atom. The van der Waals surface area contributed by atoms with Crippen molar-refractivity contribution in [3.05, 3.63) is 12.2 Å². The fourth-order valence-electron chi connectivity index (χ4n) is 2.35. The SMILES string of the molecule is CO[C@@]12C=C[C@H](CC1)C[C@@H]2C#N. The fourth-order valence-corrected chi connectivity index (χ4v) is 2.35. The van der Waals surface area contributed by atoms with Crippen LogP contribution in [0.2, 0.25) is 0 Å². The molecule has 2 bridgehead atoms. The van der Waals surface area contributed by atoms with Crippen molar-refractivity contribution in [2.45, 2.75) is 24.9 Å². The lowest BCUT2D eigenvalue weighted by Crippen LogP contribution is -2.45. The van der Waals surface area contributed by atoms with Gasteiger partial charge in [-0.25, -0.2) is 0 Å². The standard InChI is InChI=1S/C10H13NO/c1-12-10-4-2-8(3-5-10)6-9(10)7-11/h2,4,8-9H,3,5-6H2,1H3/t8-,9-,10+/m1/s1. The molecule has 1 saturated carbocycles. The van der Waals surface area contributed by atoms with Gasteiger partial charge in [0.25, 0.3) is 0 Å². The lowest BCUT2D eigenvalue weighted by atomic mass is 9.66. The number of fused-ring (bicyclic) bond motifs is 2. The predicted octanol–water partition coefficient (Wildman–Crippen LogP) is 1.88. The molecular formula is C10H13NO. The number of nitriles is 1. The van der Waals surface area contributed by atoms with E-state index in [9.17, 15) is 0 Å². The molecule has 0 saturated heterocycles. The third-order valence-corrected chi connectivity index (χ3v) is 3.22. The number of rotatable bonds is 1. The van der Waals surface area contributed by atoms with Crippen molar-refractivity contribution in [3.63, 3.8) is 0 Å². The van der Waals surface area contributed by atoms with E-state index in [0.29, 0.717) is 5.92 Å². The summed E-state index contributed by atoms with van der Waals surface area (Å²) in [7, 11) is 1.71. The Hall–Kier alpha value is -0.810. The van der Waals surface area contributed by atoms with E-state index in [2.05, 4.69) is 18.2 Å².